The maximum atomic E-state index is 13.3. The molecule has 1 aromatic rings. The molecule has 0 radical (unpaired) electrons. The summed E-state index contributed by atoms with van der Waals surface area (Å²) in [6, 6.07) is 2.98. The number of anilines is 1. The van der Waals surface area contributed by atoms with Crippen LogP contribution in [0.1, 0.15) is 26.7 Å². The van der Waals surface area contributed by atoms with E-state index in [2.05, 4.69) is 24.1 Å². The van der Waals surface area contributed by atoms with Crippen LogP contribution in [0.2, 0.25) is 0 Å². The number of halogens is 1. The van der Waals surface area contributed by atoms with Crippen molar-refractivity contribution in [1.29, 1.82) is 0 Å². The van der Waals surface area contributed by atoms with E-state index in [9.17, 15) is 4.39 Å². The lowest BCUT2D eigenvalue weighted by molar-refractivity contribution is 0.294. The molecule has 1 heterocycles. The summed E-state index contributed by atoms with van der Waals surface area (Å²) in [5.41, 5.74) is 5.81. The number of hydrogen-bond donors (Lipinski definition) is 2. The van der Waals surface area contributed by atoms with E-state index < -0.39 is 0 Å². The molecule has 3 nitrogen and oxygen atoms in total. The van der Waals surface area contributed by atoms with Crippen molar-refractivity contribution in [2.75, 3.05) is 18.4 Å². The third kappa shape index (κ3) is 2.92. The predicted molar refractivity (Wildman–Crippen MR) is 64.8 cm³/mol. The topological polar surface area (TPSA) is 50.9 Å². The van der Waals surface area contributed by atoms with Gasteiger partial charge in [0, 0.05) is 12.7 Å². The number of pyridine rings is 1. The van der Waals surface area contributed by atoms with Crippen LogP contribution in [0.5, 0.6) is 0 Å². The minimum absolute atomic E-state index is 0.0317. The molecule has 0 atom stereocenters. The number of nitrogens with two attached hydrogens (primary N) is 1. The Hall–Kier alpha value is -1.16. The summed E-state index contributed by atoms with van der Waals surface area (Å²) in [6.45, 7) is 5.46. The Morgan fingerprint density at radius 2 is 2.12 bits per heavy atom. The molecule has 0 fully saturated rings. The quantitative estimate of drug-likeness (QED) is 0.781. The molecule has 0 saturated heterocycles. The number of hydrogen-bond acceptors (Lipinski definition) is 3. The maximum Gasteiger partial charge on any atom is 0.165 e. The van der Waals surface area contributed by atoms with E-state index in [1.54, 1.807) is 12.3 Å². The number of rotatable bonds is 6. The van der Waals surface area contributed by atoms with Gasteiger partial charge in [0.15, 0.2) is 11.6 Å². The molecule has 16 heavy (non-hydrogen) atoms. The molecule has 0 aliphatic carbocycles. The van der Waals surface area contributed by atoms with E-state index in [1.807, 2.05) is 0 Å². The molecule has 0 unspecified atom stereocenters. The number of aromatic nitrogens is 1. The third-order valence-corrected chi connectivity index (χ3v) is 3.32. The van der Waals surface area contributed by atoms with Gasteiger partial charge in [-0.3, -0.25) is 0 Å². The van der Waals surface area contributed by atoms with Gasteiger partial charge in [-0.2, -0.15) is 0 Å². The van der Waals surface area contributed by atoms with Gasteiger partial charge in [0.25, 0.3) is 0 Å². The highest BCUT2D eigenvalue weighted by Crippen LogP contribution is 2.25. The van der Waals surface area contributed by atoms with Crippen molar-refractivity contribution in [2.24, 2.45) is 11.1 Å². The molecule has 90 valence electrons. The summed E-state index contributed by atoms with van der Waals surface area (Å²) in [5, 5.41) is 3.04. The molecule has 0 spiro atoms. The molecule has 1 aromatic heterocycles. The lowest BCUT2D eigenvalue weighted by Gasteiger charge is -2.30. The highest BCUT2D eigenvalue weighted by molar-refractivity contribution is 5.35. The van der Waals surface area contributed by atoms with Crippen molar-refractivity contribution in [3.8, 4) is 0 Å². The lowest BCUT2D eigenvalue weighted by atomic mass is 9.82. The lowest BCUT2D eigenvalue weighted by Crippen LogP contribution is -2.36. The Bertz CT molecular complexity index is 316. The first-order chi connectivity index (χ1) is 7.67. The van der Waals surface area contributed by atoms with Crippen LogP contribution in [0, 0.1) is 11.2 Å². The normalized spacial score (nSPS) is 11.5. The maximum absolute atomic E-state index is 13.3. The van der Waals surface area contributed by atoms with Gasteiger partial charge in [0.1, 0.15) is 0 Å². The first-order valence-electron chi connectivity index (χ1n) is 5.72. The Labute approximate surface area is 96.3 Å². The van der Waals surface area contributed by atoms with Gasteiger partial charge < -0.3 is 11.1 Å². The molecule has 4 heteroatoms. The summed E-state index contributed by atoms with van der Waals surface area (Å²) in [6.07, 6.45) is 3.52. The van der Waals surface area contributed by atoms with E-state index in [0.29, 0.717) is 18.9 Å². The molecule has 0 amide bonds. The van der Waals surface area contributed by atoms with Crippen LogP contribution in [-0.4, -0.2) is 18.1 Å². The Morgan fingerprint density at radius 1 is 1.44 bits per heavy atom. The first kappa shape index (κ1) is 12.9. The zero-order chi connectivity index (χ0) is 12.0. The highest BCUT2D eigenvalue weighted by Gasteiger charge is 2.24. The monoisotopic (exact) mass is 225 g/mol. The highest BCUT2D eigenvalue weighted by atomic mass is 19.1. The minimum atomic E-state index is -0.319. The number of nitrogens with one attached hydrogen (secondary N) is 1. The van der Waals surface area contributed by atoms with E-state index in [-0.39, 0.29) is 11.2 Å². The summed E-state index contributed by atoms with van der Waals surface area (Å²) >= 11 is 0. The summed E-state index contributed by atoms with van der Waals surface area (Å²) in [7, 11) is 0. The fraction of sp³-hybridized carbons (Fsp3) is 0.583. The van der Waals surface area contributed by atoms with E-state index in [4.69, 9.17) is 5.73 Å². The van der Waals surface area contributed by atoms with Crippen molar-refractivity contribution in [2.45, 2.75) is 26.7 Å². The van der Waals surface area contributed by atoms with Crippen LogP contribution < -0.4 is 11.1 Å². The van der Waals surface area contributed by atoms with Crippen molar-refractivity contribution >= 4 is 5.82 Å². The van der Waals surface area contributed by atoms with Gasteiger partial charge in [0.2, 0.25) is 0 Å². The van der Waals surface area contributed by atoms with Gasteiger partial charge in [-0.1, -0.05) is 13.8 Å². The average molecular weight is 225 g/mol. The van der Waals surface area contributed by atoms with Crippen LogP contribution >= 0.6 is 0 Å². The summed E-state index contributed by atoms with van der Waals surface area (Å²) < 4.78 is 13.3. The molecule has 0 bridgehead atoms. The average Bonchev–Trinajstić information content (AvgIpc) is 2.34. The zero-order valence-electron chi connectivity index (χ0n) is 9.96. The molecule has 3 N–H and O–H groups in total. The standard InChI is InChI=1S/C12H20FN3/c1-3-12(4-2,8-14)9-16-11-10(13)6-5-7-15-11/h5-7H,3-4,8-9,14H2,1-2H3,(H,15,16). The summed E-state index contributed by atoms with van der Waals surface area (Å²) in [5.74, 6) is -0.0112. The van der Waals surface area contributed by atoms with Crippen LogP contribution in [0.4, 0.5) is 10.2 Å². The smallest absolute Gasteiger partial charge is 0.165 e. The minimum Gasteiger partial charge on any atom is -0.367 e. The number of nitrogens with zero attached hydrogens (tertiary/aromatic N) is 1. The summed E-state index contributed by atoms with van der Waals surface area (Å²) in [4.78, 5) is 3.96. The predicted octanol–water partition coefficient (Wildman–Crippen LogP) is 2.40. The fourth-order valence-corrected chi connectivity index (χ4v) is 1.65. The molecule has 0 saturated carbocycles. The molecule has 0 aromatic carbocycles. The Morgan fingerprint density at radius 3 is 2.62 bits per heavy atom. The molecular formula is C12H20FN3. The Balaban J connectivity index is 2.66. The second-order valence-electron chi connectivity index (χ2n) is 4.10. The second kappa shape index (κ2) is 5.80. The molecular weight excluding hydrogens is 205 g/mol. The Kier molecular flexibility index (Phi) is 4.68. The van der Waals surface area contributed by atoms with Gasteiger partial charge in [0.05, 0.1) is 0 Å². The second-order valence-corrected chi connectivity index (χ2v) is 4.10. The van der Waals surface area contributed by atoms with Crippen molar-refractivity contribution < 1.29 is 4.39 Å². The van der Waals surface area contributed by atoms with Gasteiger partial charge >= 0.3 is 0 Å². The van der Waals surface area contributed by atoms with Gasteiger partial charge in [-0.25, -0.2) is 9.37 Å². The molecule has 0 aliphatic rings. The van der Waals surface area contributed by atoms with Gasteiger partial charge in [-0.05, 0) is 36.9 Å². The SMILES string of the molecule is CCC(CC)(CN)CNc1ncccc1F. The van der Waals surface area contributed by atoms with Crippen molar-refractivity contribution in [1.82, 2.24) is 4.98 Å². The van der Waals surface area contributed by atoms with E-state index >= 15 is 0 Å². The van der Waals surface area contributed by atoms with Gasteiger partial charge in [-0.15, -0.1) is 0 Å². The van der Waals surface area contributed by atoms with Crippen LogP contribution in [-0.2, 0) is 0 Å². The van der Waals surface area contributed by atoms with Crippen molar-refractivity contribution in [3.63, 3.8) is 0 Å². The van der Waals surface area contributed by atoms with E-state index in [0.717, 1.165) is 12.8 Å². The third-order valence-electron chi connectivity index (χ3n) is 3.32. The largest absolute Gasteiger partial charge is 0.367 e. The fourth-order valence-electron chi connectivity index (χ4n) is 1.65. The molecule has 1 rings (SSSR count). The first-order valence-corrected chi connectivity index (χ1v) is 5.72. The van der Waals surface area contributed by atoms with Crippen molar-refractivity contribution in [3.05, 3.63) is 24.1 Å². The van der Waals surface area contributed by atoms with E-state index in [1.165, 1.54) is 6.07 Å². The zero-order valence-corrected chi connectivity index (χ0v) is 9.96. The van der Waals surface area contributed by atoms with Crippen LogP contribution in [0.15, 0.2) is 18.3 Å². The van der Waals surface area contributed by atoms with Crippen LogP contribution in [0.25, 0.3) is 0 Å². The molecule has 0 aliphatic heterocycles. The van der Waals surface area contributed by atoms with Crippen LogP contribution in [0.3, 0.4) is 0 Å².